The van der Waals surface area contributed by atoms with Gasteiger partial charge in [0.2, 0.25) is 0 Å². The number of azo groups is 1. The Balaban J connectivity index is 0.826. The maximum Gasteiger partial charge on any atom is 0.295 e. The van der Waals surface area contributed by atoms with Gasteiger partial charge in [-0.15, -0.1) is 18.5 Å². The molecule has 4 aromatic heterocycles. The van der Waals surface area contributed by atoms with Gasteiger partial charge in [0, 0.05) is 16.2 Å². The Hall–Kier alpha value is -7.07. The molecule has 11 aromatic rings. The fourth-order valence-electron chi connectivity index (χ4n) is 7.92. The van der Waals surface area contributed by atoms with E-state index in [4.69, 9.17) is 0 Å². The smallest absolute Gasteiger partial charge is 0.282 e. The van der Waals surface area contributed by atoms with Crippen LogP contribution in [0.25, 0.3) is 67.1 Å². The van der Waals surface area contributed by atoms with Gasteiger partial charge in [0.05, 0.1) is 27.6 Å². The van der Waals surface area contributed by atoms with Gasteiger partial charge in [-0.1, -0.05) is 66.7 Å². The number of aryl methyl sites for hydroxylation is 1. The first-order valence-corrected chi connectivity index (χ1v) is 22.7. The Morgan fingerprint density at radius 1 is 0.525 bits per heavy atom. The second-order valence-electron chi connectivity index (χ2n) is 14.6. The second-order valence-corrected chi connectivity index (χ2v) is 18.8. The number of benzene rings is 7. The van der Waals surface area contributed by atoms with Crippen LogP contribution < -0.4 is 0 Å². The lowest BCUT2D eigenvalue weighted by Crippen LogP contribution is -2.04. The summed E-state index contributed by atoms with van der Waals surface area (Å²) in [5, 5.41) is 11.3. The second kappa shape index (κ2) is 12.5. The van der Waals surface area contributed by atoms with Gasteiger partial charge in [-0.2, -0.15) is 45.1 Å². The molecule has 61 heavy (non-hydrogen) atoms. The Morgan fingerprint density at radius 3 is 1.90 bits per heavy atom. The molecule has 11 rings (SSSR count). The van der Waals surface area contributed by atoms with Crippen molar-refractivity contribution in [1.29, 1.82) is 0 Å². The molecule has 0 aliphatic rings. The summed E-state index contributed by atoms with van der Waals surface area (Å²) in [6.07, 6.45) is 3.36. The summed E-state index contributed by atoms with van der Waals surface area (Å²) < 4.78 is 110. The van der Waals surface area contributed by atoms with Gasteiger partial charge in [0.25, 0.3) is 30.4 Å². The van der Waals surface area contributed by atoms with E-state index < -0.39 is 40.1 Å². The predicted molar refractivity (Wildman–Crippen MR) is 226 cm³/mol. The molecule has 0 atom stereocenters. The van der Waals surface area contributed by atoms with Gasteiger partial charge in [0.15, 0.2) is 0 Å². The normalized spacial score (nSPS) is 13.5. The number of rotatable bonds is 9. The molecular weight excluding hydrogens is 845 g/mol. The molecule has 4 heterocycles. The molecule has 0 fully saturated rings. The monoisotopic (exact) mass is 872 g/mol. The molecular formula is C41H28N8O9S3. The summed E-state index contributed by atoms with van der Waals surface area (Å²) >= 11 is 0. The average molecular weight is 873 g/mol. The van der Waals surface area contributed by atoms with Gasteiger partial charge < -0.3 is 0 Å². The fraction of sp³-hybridized carbons (Fsp3) is 0.0244. The third-order valence-corrected chi connectivity index (χ3v) is 13.5. The van der Waals surface area contributed by atoms with Crippen LogP contribution >= 0.6 is 0 Å². The summed E-state index contributed by atoms with van der Waals surface area (Å²) in [4.78, 5) is 2.37. The minimum Gasteiger partial charge on any atom is -0.282 e. The molecule has 0 saturated carbocycles. The van der Waals surface area contributed by atoms with Crippen LogP contribution in [0.2, 0.25) is 0 Å². The van der Waals surface area contributed by atoms with E-state index in [-0.39, 0.29) is 10.3 Å². The van der Waals surface area contributed by atoms with Crippen molar-refractivity contribution >= 4 is 97.5 Å². The van der Waals surface area contributed by atoms with E-state index >= 15 is 0 Å². The average Bonchev–Trinajstić information content (AvgIpc) is 4.08. The quantitative estimate of drug-likeness (QED) is 0.0725. The topological polar surface area (TPSA) is 215 Å². The van der Waals surface area contributed by atoms with E-state index in [1.165, 1.54) is 18.2 Å². The van der Waals surface area contributed by atoms with Crippen molar-refractivity contribution in [3.63, 3.8) is 0 Å². The van der Waals surface area contributed by atoms with Crippen LogP contribution in [0.1, 0.15) is 16.7 Å². The van der Waals surface area contributed by atoms with Crippen LogP contribution in [-0.2, 0) is 30.4 Å². The van der Waals surface area contributed by atoms with Crippen molar-refractivity contribution in [3.05, 3.63) is 138 Å². The van der Waals surface area contributed by atoms with E-state index in [1.807, 2.05) is 63.4 Å². The van der Waals surface area contributed by atoms with Crippen LogP contribution in [-0.4, -0.2) is 67.0 Å². The lowest BCUT2D eigenvalue weighted by atomic mass is 10.1. The van der Waals surface area contributed by atoms with Crippen molar-refractivity contribution in [2.24, 2.45) is 10.2 Å². The van der Waals surface area contributed by atoms with E-state index in [9.17, 15) is 38.9 Å². The molecule has 7 aromatic carbocycles. The van der Waals surface area contributed by atoms with Crippen molar-refractivity contribution in [1.82, 2.24) is 28.1 Å². The summed E-state index contributed by atoms with van der Waals surface area (Å²) in [6, 6.07) is 34.3. The van der Waals surface area contributed by atoms with Crippen LogP contribution in [0.3, 0.4) is 0 Å². The highest BCUT2D eigenvalue weighted by Gasteiger charge is 2.31. The molecule has 17 nitrogen and oxygen atoms in total. The summed E-state index contributed by atoms with van der Waals surface area (Å²) in [7, 11) is -14.0. The molecule has 0 radical (unpaired) electrons. The molecule has 0 bridgehead atoms. The van der Waals surface area contributed by atoms with E-state index in [0.29, 0.717) is 44.7 Å². The molecule has 0 aliphatic carbocycles. The molecule has 0 spiro atoms. The van der Waals surface area contributed by atoms with Crippen molar-refractivity contribution in [2.75, 3.05) is 0 Å². The number of aromatic nitrogens is 6. The highest BCUT2D eigenvalue weighted by molar-refractivity contribution is 7.86. The summed E-state index contributed by atoms with van der Waals surface area (Å²) in [6.45, 7) is 1.85. The zero-order chi connectivity index (χ0) is 42.3. The van der Waals surface area contributed by atoms with Gasteiger partial charge >= 0.3 is 0 Å². The number of nitrogens with zero attached hydrogens (tertiary/aromatic N) is 8. The molecule has 0 amide bonds. The van der Waals surface area contributed by atoms with Gasteiger partial charge in [-0.05, 0) is 95.7 Å². The third kappa shape index (κ3) is 5.79. The highest BCUT2D eigenvalue weighted by Crippen LogP contribution is 2.39. The standard InChI is InChI=1S/C41H28N8O9S3/c1-24-20-29(44-47-37-23-39(61(56,57)58)34-22-31(59(50,51)52)16-17-33(34)41(37)49(44)47)15-18-35(24)43-42-28-12-7-25(8-13-28)6-9-27-10-14-30(21-38(27)60(53,54)55)45-46-36-19-11-26-4-2-3-5-32(26)40(36)48(45)46/h2-23H,1H3,(H,50,51,52)(H,53,54,55)(H,56,57,58). The first-order chi connectivity index (χ1) is 29.1. The van der Waals surface area contributed by atoms with Crippen molar-refractivity contribution < 1.29 is 38.9 Å². The molecule has 3 N–H and O–H groups in total. The Bertz CT molecular complexity index is 4030. The Labute approximate surface area is 344 Å². The molecule has 0 unspecified atom stereocenters. The lowest BCUT2D eigenvalue weighted by molar-refractivity contribution is 0.480. The Morgan fingerprint density at radius 2 is 1.20 bits per heavy atom. The maximum atomic E-state index is 12.5. The molecule has 0 aliphatic heterocycles. The van der Waals surface area contributed by atoms with Crippen LogP contribution in [0.4, 0.5) is 11.4 Å². The minimum atomic E-state index is -4.76. The zero-order valence-corrected chi connectivity index (χ0v) is 33.7. The van der Waals surface area contributed by atoms with Crippen molar-refractivity contribution in [2.45, 2.75) is 21.6 Å². The van der Waals surface area contributed by atoms with Crippen LogP contribution in [0, 0.1) is 6.92 Å². The molecule has 304 valence electrons. The highest BCUT2D eigenvalue weighted by atomic mass is 32.2. The van der Waals surface area contributed by atoms with Gasteiger partial charge in [-0.3, -0.25) is 13.7 Å². The maximum absolute atomic E-state index is 12.5. The van der Waals surface area contributed by atoms with Crippen LogP contribution in [0.15, 0.2) is 146 Å². The molecule has 0 saturated heterocycles. The van der Waals surface area contributed by atoms with Gasteiger partial charge in [0.1, 0.15) is 31.9 Å². The fourth-order valence-corrected chi connectivity index (χ4v) is 9.84. The van der Waals surface area contributed by atoms with Crippen molar-refractivity contribution in [3.8, 4) is 11.4 Å². The van der Waals surface area contributed by atoms with Crippen LogP contribution in [0.5, 0.6) is 0 Å². The first kappa shape index (κ1) is 37.0. The molecule has 20 heteroatoms. The van der Waals surface area contributed by atoms with E-state index in [0.717, 1.165) is 45.1 Å². The lowest BCUT2D eigenvalue weighted by Gasteiger charge is -2.09. The first-order valence-electron chi connectivity index (χ1n) is 18.4. The largest absolute Gasteiger partial charge is 0.295 e. The Kier molecular flexibility index (Phi) is 7.57. The third-order valence-electron chi connectivity index (χ3n) is 10.9. The van der Waals surface area contributed by atoms with E-state index in [1.54, 1.807) is 74.7 Å². The number of hydrogen-bond donors (Lipinski definition) is 3. The van der Waals surface area contributed by atoms with E-state index in [2.05, 4.69) is 10.2 Å². The SMILES string of the molecule is Cc1cc(-n2n3c4cc(S(=O)(=O)O)c5cc(S(=O)(=O)O)ccc5c4n23)ccc1N=Nc1ccc(C=Cc2ccc(-n3n4c5ccc6ccccc6c5n34)cc2S(=O)(=O)O)cc1. The predicted octanol–water partition coefficient (Wildman–Crippen LogP) is 8.10. The zero-order valence-electron chi connectivity index (χ0n) is 31.3. The summed E-state index contributed by atoms with van der Waals surface area (Å²) in [5.41, 5.74) is 7.34. The minimum absolute atomic E-state index is 0.0630. The number of hydrogen-bond acceptors (Lipinski definition) is 8. The number of fused-ring (bicyclic) bond motifs is 12. The van der Waals surface area contributed by atoms with Gasteiger partial charge in [-0.25, -0.2) is 0 Å². The summed E-state index contributed by atoms with van der Waals surface area (Å²) in [5.74, 6) is 0.